The lowest BCUT2D eigenvalue weighted by atomic mass is 10.1. The van der Waals surface area contributed by atoms with E-state index < -0.39 is 16.1 Å². The summed E-state index contributed by atoms with van der Waals surface area (Å²) in [6.45, 7) is 4.12. The van der Waals surface area contributed by atoms with E-state index in [9.17, 15) is 23.1 Å². The first kappa shape index (κ1) is 28.1. The summed E-state index contributed by atoms with van der Waals surface area (Å²) in [6, 6.07) is 6.78. The van der Waals surface area contributed by atoms with Crippen LogP contribution in [0.3, 0.4) is 0 Å². The van der Waals surface area contributed by atoms with Crippen molar-refractivity contribution < 1.29 is 32.6 Å². The number of benzene rings is 1. The molecule has 1 rings (SSSR count). The molecule has 0 heterocycles. The molecule has 1 atom stereocenters. The Kier molecular flexibility index (Phi) is 13.8. The molecule has 0 spiro atoms. The molecule has 32 heavy (non-hydrogen) atoms. The van der Waals surface area contributed by atoms with Gasteiger partial charge < -0.3 is 14.6 Å². The van der Waals surface area contributed by atoms with Crippen molar-refractivity contribution in [3.63, 3.8) is 0 Å². The minimum absolute atomic E-state index is 0.0179. The van der Waals surface area contributed by atoms with Crippen LogP contribution in [0.4, 0.5) is 0 Å². The van der Waals surface area contributed by atoms with E-state index >= 15 is 0 Å². The predicted octanol–water partition coefficient (Wildman–Crippen LogP) is 3.23. The van der Waals surface area contributed by atoms with E-state index in [4.69, 9.17) is 9.47 Å². The minimum Gasteiger partial charge on any atom is -0.491 e. The summed E-state index contributed by atoms with van der Waals surface area (Å²) in [7, 11) is -3.33. The van der Waals surface area contributed by atoms with Gasteiger partial charge in [0.15, 0.2) is 5.78 Å². The number of Topliss-reactive ketones (excluding diaryl/α,β-unsaturated/α-hetero) is 1. The zero-order chi connectivity index (χ0) is 23.8. The Morgan fingerprint density at radius 3 is 2.56 bits per heavy atom. The number of nitrogens with one attached hydrogen (secondary N) is 1. The van der Waals surface area contributed by atoms with Crippen LogP contribution in [0.5, 0.6) is 5.75 Å². The molecule has 2 N–H and O–H groups in total. The van der Waals surface area contributed by atoms with E-state index in [0.29, 0.717) is 50.1 Å². The Morgan fingerprint density at radius 2 is 1.84 bits per heavy atom. The van der Waals surface area contributed by atoms with Crippen molar-refractivity contribution in [3.05, 3.63) is 29.8 Å². The molecule has 0 fully saturated rings. The number of rotatable bonds is 18. The minimum atomic E-state index is -3.33. The fraction of sp³-hybridized carbons (Fsp3) is 0.652. The highest BCUT2D eigenvalue weighted by atomic mass is 32.2. The van der Waals surface area contributed by atoms with Crippen LogP contribution in [-0.2, 0) is 19.6 Å². The Labute approximate surface area is 191 Å². The van der Waals surface area contributed by atoms with Gasteiger partial charge in [-0.1, -0.05) is 25.0 Å². The zero-order valence-corrected chi connectivity index (χ0v) is 20.0. The molecule has 0 aliphatic rings. The number of carbonyl (C=O) groups is 2. The summed E-state index contributed by atoms with van der Waals surface area (Å²) in [5.41, 5.74) is 0.548. The lowest BCUT2D eigenvalue weighted by molar-refractivity contribution is -0.143. The second-order valence-electron chi connectivity index (χ2n) is 7.73. The SMILES string of the molecule is CCOC(=O)CCCCCCNS(=O)(=O)CCCCC(O)COc1cccc(C(C)=O)c1. The molecule has 1 aromatic rings. The molecule has 0 aromatic heterocycles. The lowest BCUT2D eigenvalue weighted by Gasteiger charge is -2.13. The first-order chi connectivity index (χ1) is 15.2. The number of aliphatic hydroxyl groups is 1. The standard InChI is InChI=1S/C23H37NO7S/c1-3-30-23(27)14-6-4-5-8-15-24-32(28,29)16-9-7-12-21(26)18-31-22-13-10-11-20(17-22)19(2)25/h10-11,13,17,21,24,26H,3-9,12,14-16,18H2,1-2H3. The second-order valence-corrected chi connectivity index (χ2v) is 9.65. The summed E-state index contributed by atoms with van der Waals surface area (Å²) < 4.78 is 37.0. The summed E-state index contributed by atoms with van der Waals surface area (Å²) in [5, 5.41) is 10.0. The molecule has 0 aliphatic carbocycles. The third-order valence-corrected chi connectivity index (χ3v) is 6.29. The highest BCUT2D eigenvalue weighted by Gasteiger charge is 2.11. The quantitative estimate of drug-likeness (QED) is 0.192. The molecular formula is C23H37NO7S. The van der Waals surface area contributed by atoms with Crippen molar-refractivity contribution in [2.24, 2.45) is 0 Å². The molecule has 0 saturated heterocycles. The van der Waals surface area contributed by atoms with Crippen molar-refractivity contribution >= 4 is 21.8 Å². The second kappa shape index (κ2) is 15.8. The number of aliphatic hydroxyl groups excluding tert-OH is 1. The topological polar surface area (TPSA) is 119 Å². The molecule has 8 nitrogen and oxygen atoms in total. The van der Waals surface area contributed by atoms with Crippen LogP contribution in [0.2, 0.25) is 0 Å². The Hall–Kier alpha value is -1.97. The molecule has 1 aromatic carbocycles. The summed E-state index contributed by atoms with van der Waals surface area (Å²) in [4.78, 5) is 22.6. The Balaban J connectivity index is 2.09. The lowest BCUT2D eigenvalue weighted by Crippen LogP contribution is -2.27. The van der Waals surface area contributed by atoms with E-state index in [1.54, 1.807) is 31.2 Å². The Morgan fingerprint density at radius 1 is 1.09 bits per heavy atom. The third kappa shape index (κ3) is 13.4. The zero-order valence-electron chi connectivity index (χ0n) is 19.2. The van der Waals surface area contributed by atoms with Crippen LogP contribution < -0.4 is 9.46 Å². The van der Waals surface area contributed by atoms with Gasteiger partial charge in [0.2, 0.25) is 10.0 Å². The summed E-state index contributed by atoms with van der Waals surface area (Å²) >= 11 is 0. The number of esters is 1. The van der Waals surface area contributed by atoms with Crippen LogP contribution in [0.15, 0.2) is 24.3 Å². The van der Waals surface area contributed by atoms with Crippen molar-refractivity contribution in [2.75, 3.05) is 25.5 Å². The van der Waals surface area contributed by atoms with Gasteiger partial charge in [0.25, 0.3) is 0 Å². The fourth-order valence-electron chi connectivity index (χ4n) is 3.03. The fourth-order valence-corrected chi connectivity index (χ4v) is 4.22. The van der Waals surface area contributed by atoms with E-state index in [-0.39, 0.29) is 24.1 Å². The maximum absolute atomic E-state index is 12.0. The van der Waals surface area contributed by atoms with Gasteiger partial charge in [0.05, 0.1) is 18.5 Å². The van der Waals surface area contributed by atoms with Crippen molar-refractivity contribution in [3.8, 4) is 5.75 Å². The number of unbranched alkanes of at least 4 members (excludes halogenated alkanes) is 4. The number of ketones is 1. The van der Waals surface area contributed by atoms with Gasteiger partial charge in [-0.25, -0.2) is 13.1 Å². The van der Waals surface area contributed by atoms with E-state index in [1.165, 1.54) is 6.92 Å². The van der Waals surface area contributed by atoms with Crippen LogP contribution >= 0.6 is 0 Å². The molecule has 0 radical (unpaired) electrons. The number of hydrogen-bond acceptors (Lipinski definition) is 7. The first-order valence-corrected chi connectivity index (χ1v) is 12.9. The van der Waals surface area contributed by atoms with Gasteiger partial charge >= 0.3 is 5.97 Å². The van der Waals surface area contributed by atoms with Gasteiger partial charge in [-0.3, -0.25) is 9.59 Å². The molecule has 9 heteroatoms. The average Bonchev–Trinajstić information content (AvgIpc) is 2.75. The van der Waals surface area contributed by atoms with Crippen molar-refractivity contribution in [1.82, 2.24) is 4.72 Å². The van der Waals surface area contributed by atoms with Gasteiger partial charge in [0, 0.05) is 18.5 Å². The van der Waals surface area contributed by atoms with Crippen LogP contribution in [0.25, 0.3) is 0 Å². The number of sulfonamides is 1. The van der Waals surface area contributed by atoms with Crippen LogP contribution in [0, 0.1) is 0 Å². The molecule has 0 amide bonds. The average molecular weight is 472 g/mol. The van der Waals surface area contributed by atoms with Crippen LogP contribution in [-0.4, -0.2) is 56.9 Å². The molecule has 1 unspecified atom stereocenters. The van der Waals surface area contributed by atoms with E-state index in [0.717, 1.165) is 25.7 Å². The van der Waals surface area contributed by atoms with Gasteiger partial charge in [0.1, 0.15) is 12.4 Å². The number of carbonyl (C=O) groups excluding carboxylic acids is 2. The molecule has 0 bridgehead atoms. The van der Waals surface area contributed by atoms with Gasteiger partial charge in [-0.2, -0.15) is 0 Å². The van der Waals surface area contributed by atoms with Crippen molar-refractivity contribution in [2.45, 2.75) is 71.3 Å². The predicted molar refractivity (Wildman–Crippen MR) is 123 cm³/mol. The smallest absolute Gasteiger partial charge is 0.305 e. The van der Waals surface area contributed by atoms with Crippen molar-refractivity contribution in [1.29, 1.82) is 0 Å². The molecule has 0 saturated carbocycles. The number of hydrogen-bond donors (Lipinski definition) is 2. The van der Waals surface area contributed by atoms with E-state index in [1.807, 2.05) is 0 Å². The number of ether oxygens (including phenoxy) is 2. The van der Waals surface area contributed by atoms with Gasteiger partial charge in [-0.15, -0.1) is 0 Å². The molecule has 0 aliphatic heterocycles. The maximum atomic E-state index is 12.0. The third-order valence-electron chi connectivity index (χ3n) is 4.82. The first-order valence-electron chi connectivity index (χ1n) is 11.3. The summed E-state index contributed by atoms with van der Waals surface area (Å²) in [6.07, 6.45) is 4.33. The normalized spacial score (nSPS) is 12.3. The highest BCUT2D eigenvalue weighted by Crippen LogP contribution is 2.15. The van der Waals surface area contributed by atoms with E-state index in [2.05, 4.69) is 4.72 Å². The molecule has 182 valence electrons. The monoisotopic (exact) mass is 471 g/mol. The summed E-state index contributed by atoms with van der Waals surface area (Å²) in [5.74, 6) is 0.292. The van der Waals surface area contributed by atoms with Crippen LogP contribution in [0.1, 0.15) is 75.6 Å². The molecular weight excluding hydrogens is 434 g/mol. The largest absolute Gasteiger partial charge is 0.491 e. The highest BCUT2D eigenvalue weighted by molar-refractivity contribution is 7.89. The Bertz CT molecular complexity index is 795. The maximum Gasteiger partial charge on any atom is 0.305 e. The van der Waals surface area contributed by atoms with Gasteiger partial charge in [-0.05, 0) is 58.1 Å².